The van der Waals surface area contributed by atoms with Crippen LogP contribution in [0.15, 0.2) is 42.5 Å². The maximum atomic E-state index is 12.5. The van der Waals surface area contributed by atoms with Gasteiger partial charge in [-0.05, 0) is 50.2 Å². The van der Waals surface area contributed by atoms with Gasteiger partial charge in [-0.15, -0.1) is 0 Å². The van der Waals surface area contributed by atoms with Crippen molar-refractivity contribution in [3.05, 3.63) is 59.4 Å². The van der Waals surface area contributed by atoms with E-state index in [1.807, 2.05) is 19.9 Å². The van der Waals surface area contributed by atoms with Crippen LogP contribution in [-0.2, 0) is 4.79 Å². The van der Waals surface area contributed by atoms with Crippen LogP contribution in [0.1, 0.15) is 17.0 Å². The minimum Gasteiger partial charge on any atom is -0.307 e. The molecule has 7 heteroatoms. The van der Waals surface area contributed by atoms with Crippen LogP contribution >= 0.6 is 0 Å². The lowest BCUT2D eigenvalue weighted by Gasteiger charge is -2.17. The predicted octanol–water partition coefficient (Wildman–Crippen LogP) is 3.31. The molecule has 2 aromatic carbocycles. The van der Waals surface area contributed by atoms with E-state index in [0.29, 0.717) is 34.4 Å². The van der Waals surface area contributed by atoms with Gasteiger partial charge < -0.3 is 5.32 Å². The Morgan fingerprint density at radius 1 is 1.12 bits per heavy atom. The number of amides is 3. The van der Waals surface area contributed by atoms with E-state index < -0.39 is 6.03 Å². The van der Waals surface area contributed by atoms with Crippen LogP contribution in [0.3, 0.4) is 0 Å². The van der Waals surface area contributed by atoms with Gasteiger partial charge in [-0.25, -0.2) is 19.7 Å². The number of nitriles is 1. The second kappa shape index (κ2) is 6.99. The summed E-state index contributed by atoms with van der Waals surface area (Å²) < 4.78 is 0. The molecular formula is C19H15N5O2. The van der Waals surface area contributed by atoms with Gasteiger partial charge in [-0.3, -0.25) is 4.79 Å². The number of urea groups is 1. The molecule has 0 saturated heterocycles. The average molecular weight is 345 g/mol. The van der Waals surface area contributed by atoms with E-state index in [0.717, 1.165) is 16.3 Å². The maximum Gasteiger partial charge on any atom is 0.332 e. The van der Waals surface area contributed by atoms with E-state index in [4.69, 9.17) is 5.26 Å². The third-order valence-electron chi connectivity index (χ3n) is 3.90. The first kappa shape index (κ1) is 17.0. The van der Waals surface area contributed by atoms with Gasteiger partial charge in [-0.2, -0.15) is 5.26 Å². The minimum atomic E-state index is -0.633. The number of aryl methyl sites for hydroxylation is 2. The van der Waals surface area contributed by atoms with E-state index in [9.17, 15) is 9.59 Å². The van der Waals surface area contributed by atoms with E-state index in [1.54, 1.807) is 36.4 Å². The monoisotopic (exact) mass is 345 g/mol. The molecule has 7 nitrogen and oxygen atoms in total. The largest absolute Gasteiger partial charge is 0.332 e. The van der Waals surface area contributed by atoms with Crippen LogP contribution in [-0.4, -0.2) is 22.4 Å². The second-order valence-corrected chi connectivity index (χ2v) is 5.67. The highest BCUT2D eigenvalue weighted by Gasteiger charge is 2.16. The highest BCUT2D eigenvalue weighted by Crippen LogP contribution is 2.21. The molecule has 0 aliphatic carbocycles. The highest BCUT2D eigenvalue weighted by atomic mass is 16.2. The third-order valence-corrected chi connectivity index (χ3v) is 3.90. The molecule has 3 aromatic rings. The normalized spacial score (nSPS) is 10.2. The summed E-state index contributed by atoms with van der Waals surface area (Å²) in [6, 6.07) is 12.8. The first-order valence-corrected chi connectivity index (χ1v) is 7.82. The summed E-state index contributed by atoms with van der Waals surface area (Å²) in [7, 11) is 0. The first-order chi connectivity index (χ1) is 12.5. The molecule has 0 aliphatic rings. The van der Waals surface area contributed by atoms with Crippen molar-refractivity contribution in [2.75, 3.05) is 10.2 Å². The summed E-state index contributed by atoms with van der Waals surface area (Å²) in [5, 5.41) is 11.5. The van der Waals surface area contributed by atoms with Gasteiger partial charge in [0.15, 0.2) is 0 Å². The maximum absolute atomic E-state index is 12.5. The van der Waals surface area contributed by atoms with E-state index in [1.165, 1.54) is 6.07 Å². The Morgan fingerprint density at radius 3 is 2.54 bits per heavy atom. The number of aromatic nitrogens is 2. The van der Waals surface area contributed by atoms with Gasteiger partial charge in [0, 0.05) is 5.69 Å². The molecule has 128 valence electrons. The molecule has 1 aromatic heterocycles. The average Bonchev–Trinajstić information content (AvgIpc) is 2.63. The number of fused-ring (bicyclic) bond motifs is 1. The molecule has 3 amide bonds. The van der Waals surface area contributed by atoms with Crippen LogP contribution in [0.25, 0.3) is 11.0 Å². The number of nitrogens with zero attached hydrogens (tertiary/aromatic N) is 4. The third kappa shape index (κ3) is 3.35. The number of carbonyl (C=O) groups is 2. The molecule has 3 rings (SSSR count). The van der Waals surface area contributed by atoms with Gasteiger partial charge in [-0.1, -0.05) is 6.07 Å². The highest BCUT2D eigenvalue weighted by molar-refractivity contribution is 6.12. The molecule has 1 N–H and O–H groups in total. The number of benzene rings is 2. The van der Waals surface area contributed by atoms with Crippen LogP contribution in [0.5, 0.6) is 0 Å². The molecule has 26 heavy (non-hydrogen) atoms. The summed E-state index contributed by atoms with van der Waals surface area (Å²) >= 11 is 0. The van der Waals surface area contributed by atoms with Gasteiger partial charge in [0.05, 0.1) is 39.7 Å². The predicted molar refractivity (Wildman–Crippen MR) is 97.7 cm³/mol. The number of hydrogen-bond donors (Lipinski definition) is 1. The Hall–Kier alpha value is -3.79. The van der Waals surface area contributed by atoms with Crippen LogP contribution < -0.4 is 10.2 Å². The molecule has 0 radical (unpaired) electrons. The molecule has 0 bridgehead atoms. The fourth-order valence-corrected chi connectivity index (χ4v) is 2.45. The summed E-state index contributed by atoms with van der Waals surface area (Å²) in [6.45, 7) is 3.72. The Morgan fingerprint density at radius 2 is 1.85 bits per heavy atom. The Labute approximate surface area is 149 Å². The number of hydrogen-bond acceptors (Lipinski definition) is 5. The fraction of sp³-hybridized carbons (Fsp3) is 0.105. The SMILES string of the molecule is Cc1nc2ccc(N(C=O)C(=O)Nc3cccc(C#N)c3)cc2nc1C. The lowest BCUT2D eigenvalue weighted by atomic mass is 10.2. The summed E-state index contributed by atoms with van der Waals surface area (Å²) in [5.41, 5.74) is 4.10. The van der Waals surface area contributed by atoms with Crippen molar-refractivity contribution >= 4 is 34.8 Å². The smallest absolute Gasteiger partial charge is 0.307 e. The molecule has 0 spiro atoms. The number of rotatable bonds is 3. The lowest BCUT2D eigenvalue weighted by molar-refractivity contribution is -0.106. The van der Waals surface area contributed by atoms with Gasteiger partial charge in [0.25, 0.3) is 0 Å². The van der Waals surface area contributed by atoms with Crippen molar-refractivity contribution in [2.24, 2.45) is 0 Å². The Bertz CT molecular complexity index is 1060. The van der Waals surface area contributed by atoms with E-state index in [-0.39, 0.29) is 0 Å². The van der Waals surface area contributed by atoms with Gasteiger partial charge >= 0.3 is 6.03 Å². The van der Waals surface area contributed by atoms with Crippen LogP contribution in [0.2, 0.25) is 0 Å². The molecule has 0 fully saturated rings. The molecule has 0 saturated carbocycles. The lowest BCUT2D eigenvalue weighted by Crippen LogP contribution is -2.33. The number of anilines is 2. The van der Waals surface area contributed by atoms with Gasteiger partial charge in [0.1, 0.15) is 0 Å². The van der Waals surface area contributed by atoms with Crippen molar-refractivity contribution in [3.63, 3.8) is 0 Å². The number of nitrogens with one attached hydrogen (secondary N) is 1. The summed E-state index contributed by atoms with van der Waals surface area (Å²) in [6.07, 6.45) is 0.430. The van der Waals surface area contributed by atoms with Crippen molar-refractivity contribution in [1.82, 2.24) is 9.97 Å². The quantitative estimate of drug-likeness (QED) is 0.734. The van der Waals surface area contributed by atoms with E-state index >= 15 is 0 Å². The molecule has 0 aliphatic heterocycles. The van der Waals surface area contributed by atoms with Crippen LogP contribution in [0.4, 0.5) is 16.2 Å². The number of carbonyl (C=O) groups excluding carboxylic acids is 2. The molecule has 0 unspecified atom stereocenters. The molecule has 0 atom stereocenters. The zero-order valence-corrected chi connectivity index (χ0v) is 14.2. The van der Waals surface area contributed by atoms with Gasteiger partial charge in [0.2, 0.25) is 6.41 Å². The fourth-order valence-electron chi connectivity index (χ4n) is 2.45. The minimum absolute atomic E-state index is 0.374. The van der Waals surface area contributed by atoms with Crippen molar-refractivity contribution in [1.29, 1.82) is 5.26 Å². The summed E-state index contributed by atoms with van der Waals surface area (Å²) in [4.78, 5) is 33.8. The first-order valence-electron chi connectivity index (χ1n) is 7.82. The van der Waals surface area contributed by atoms with E-state index in [2.05, 4.69) is 15.3 Å². The van der Waals surface area contributed by atoms with Crippen molar-refractivity contribution < 1.29 is 9.59 Å². The topological polar surface area (TPSA) is 99.0 Å². The second-order valence-electron chi connectivity index (χ2n) is 5.67. The zero-order valence-electron chi connectivity index (χ0n) is 14.2. The standard InChI is InChI=1S/C19H15N5O2/c1-12-13(2)22-18-9-16(6-7-17(18)21-12)24(11-25)19(26)23-15-5-3-4-14(8-15)10-20/h3-9,11H,1-2H3,(H,23,26). The molecule has 1 heterocycles. The number of imide groups is 1. The Balaban J connectivity index is 1.91. The van der Waals surface area contributed by atoms with Crippen molar-refractivity contribution in [2.45, 2.75) is 13.8 Å². The zero-order chi connectivity index (χ0) is 18.7. The van der Waals surface area contributed by atoms with Crippen molar-refractivity contribution in [3.8, 4) is 6.07 Å². The molecular weight excluding hydrogens is 330 g/mol. The Kier molecular flexibility index (Phi) is 4.58. The van der Waals surface area contributed by atoms with Crippen LogP contribution in [0, 0.1) is 25.2 Å². The summed E-state index contributed by atoms with van der Waals surface area (Å²) in [5.74, 6) is 0.